The summed E-state index contributed by atoms with van der Waals surface area (Å²) in [5.74, 6) is 1.14. The number of azo groups is 1. The van der Waals surface area contributed by atoms with Gasteiger partial charge in [-0.2, -0.15) is 5.10 Å². The van der Waals surface area contributed by atoms with Gasteiger partial charge in [0, 0.05) is 16.1 Å². The van der Waals surface area contributed by atoms with Gasteiger partial charge in [-0.15, -0.1) is 10.2 Å². The highest BCUT2D eigenvalue weighted by Crippen LogP contribution is 2.31. The van der Waals surface area contributed by atoms with Crippen molar-refractivity contribution in [2.24, 2.45) is 20.4 Å². The average molecular weight is 398 g/mol. The monoisotopic (exact) mass is 397 g/mol. The summed E-state index contributed by atoms with van der Waals surface area (Å²) in [6.45, 7) is 3.89. The van der Waals surface area contributed by atoms with Crippen LogP contribution in [0.1, 0.15) is 11.1 Å². The normalized spacial score (nSPS) is 15.1. The molecule has 0 fully saturated rings. The van der Waals surface area contributed by atoms with Crippen LogP contribution in [-0.4, -0.2) is 25.2 Å². The Morgan fingerprint density at radius 1 is 1.21 bits per heavy atom. The minimum atomic E-state index is -0.633. The van der Waals surface area contributed by atoms with Crippen molar-refractivity contribution in [1.82, 2.24) is 5.32 Å². The first-order chi connectivity index (χ1) is 13.6. The molecule has 1 aliphatic heterocycles. The number of amidine groups is 1. The first kappa shape index (κ1) is 19.2. The van der Waals surface area contributed by atoms with Crippen molar-refractivity contribution < 1.29 is 14.3 Å². The smallest absolute Gasteiger partial charge is 0.365 e. The summed E-state index contributed by atoms with van der Waals surface area (Å²) in [6, 6.07) is 12.1. The molecule has 3 rings (SSSR count). The summed E-state index contributed by atoms with van der Waals surface area (Å²) < 4.78 is 11.3. The largest absolute Gasteiger partial charge is 0.493 e. The third-order valence-corrected chi connectivity index (χ3v) is 4.04. The van der Waals surface area contributed by atoms with Crippen LogP contribution in [0.5, 0.6) is 11.5 Å². The van der Waals surface area contributed by atoms with Crippen LogP contribution >= 0.6 is 11.6 Å². The number of carbonyl (C=O) groups is 1. The number of nitrogens with zero attached hydrogens (tertiary/aromatic N) is 4. The second kappa shape index (κ2) is 8.92. The van der Waals surface area contributed by atoms with Crippen LogP contribution in [0.2, 0.25) is 5.02 Å². The van der Waals surface area contributed by atoms with E-state index in [0.29, 0.717) is 22.1 Å². The third-order valence-electron chi connectivity index (χ3n) is 3.67. The Morgan fingerprint density at radius 2 is 2.04 bits per heavy atom. The second-order valence-electron chi connectivity index (χ2n) is 5.53. The summed E-state index contributed by atoms with van der Waals surface area (Å²) in [7, 11) is 1.55. The maximum atomic E-state index is 11.2. The standard InChI is InChI=1S/C19H16ClN5O3/c1-12-18(22-19(26)25-23-12)24-21-10-13-7-5-9-16(27-2)17(13)28-11-14-6-3-4-8-15(14)20/h3-10H,1,11H2,2H3,(H,22,24,26)/b21-10+. The number of halogens is 1. The minimum Gasteiger partial charge on any atom is -0.493 e. The van der Waals surface area contributed by atoms with Crippen LogP contribution in [0, 0.1) is 0 Å². The lowest BCUT2D eigenvalue weighted by Crippen LogP contribution is -2.31. The maximum absolute atomic E-state index is 11.2. The van der Waals surface area contributed by atoms with Crippen molar-refractivity contribution in [3.63, 3.8) is 0 Å². The van der Waals surface area contributed by atoms with Crippen molar-refractivity contribution in [2.45, 2.75) is 6.61 Å². The Bertz CT molecular complexity index is 1000. The van der Waals surface area contributed by atoms with Crippen molar-refractivity contribution in [3.8, 4) is 11.5 Å². The molecule has 0 atom stereocenters. The van der Waals surface area contributed by atoms with Crippen LogP contribution < -0.4 is 14.8 Å². The molecule has 142 valence electrons. The van der Waals surface area contributed by atoms with E-state index in [1.54, 1.807) is 31.4 Å². The molecule has 1 aliphatic rings. The highest BCUT2D eigenvalue weighted by Gasteiger charge is 2.14. The molecule has 0 radical (unpaired) electrons. The van der Waals surface area contributed by atoms with Gasteiger partial charge in [-0.05, 0) is 18.2 Å². The predicted octanol–water partition coefficient (Wildman–Crippen LogP) is 4.35. The Kier molecular flexibility index (Phi) is 6.13. The Hall–Kier alpha value is -3.52. The summed E-state index contributed by atoms with van der Waals surface area (Å²) in [5.41, 5.74) is 1.67. The molecule has 0 aromatic heterocycles. The number of urea groups is 1. The van der Waals surface area contributed by atoms with Crippen molar-refractivity contribution >= 4 is 29.7 Å². The van der Waals surface area contributed by atoms with E-state index in [0.717, 1.165) is 5.56 Å². The van der Waals surface area contributed by atoms with Gasteiger partial charge in [0.15, 0.2) is 17.3 Å². The number of ether oxygens (including phenoxy) is 2. The van der Waals surface area contributed by atoms with E-state index < -0.39 is 6.03 Å². The molecule has 9 heteroatoms. The zero-order valence-corrected chi connectivity index (χ0v) is 15.7. The van der Waals surface area contributed by atoms with Gasteiger partial charge >= 0.3 is 6.03 Å². The highest BCUT2D eigenvalue weighted by atomic mass is 35.5. The summed E-state index contributed by atoms with van der Waals surface area (Å²) in [4.78, 5) is 11.2. The van der Waals surface area contributed by atoms with Gasteiger partial charge < -0.3 is 9.47 Å². The average Bonchev–Trinajstić information content (AvgIpc) is 2.70. The first-order valence-electron chi connectivity index (χ1n) is 8.14. The molecule has 2 aromatic carbocycles. The zero-order valence-electron chi connectivity index (χ0n) is 14.9. The number of hydrogen-bond acceptors (Lipinski definition) is 6. The summed E-state index contributed by atoms with van der Waals surface area (Å²) in [5, 5.41) is 17.8. The first-order valence-corrected chi connectivity index (χ1v) is 8.52. The van der Waals surface area contributed by atoms with Gasteiger partial charge in [0.2, 0.25) is 0 Å². The van der Waals surface area contributed by atoms with Gasteiger partial charge in [0.25, 0.3) is 0 Å². The number of methoxy groups -OCH3 is 1. The zero-order chi connectivity index (χ0) is 19.9. The molecule has 0 aliphatic carbocycles. The predicted molar refractivity (Wildman–Crippen MR) is 106 cm³/mol. The SMILES string of the molecule is C=C1N=NC(=O)N/C1=N/N=C/c1cccc(OC)c1OCc1ccccc1Cl. The van der Waals surface area contributed by atoms with Crippen molar-refractivity contribution in [3.05, 3.63) is 70.9 Å². The lowest BCUT2D eigenvalue weighted by molar-refractivity contribution is 0.251. The van der Waals surface area contributed by atoms with Crippen LogP contribution in [0.15, 0.2) is 75.2 Å². The number of nitrogens with one attached hydrogen (secondary N) is 1. The molecule has 0 saturated carbocycles. The van der Waals surface area contributed by atoms with Gasteiger partial charge in [0.1, 0.15) is 12.3 Å². The highest BCUT2D eigenvalue weighted by molar-refractivity contribution is 6.31. The second-order valence-corrected chi connectivity index (χ2v) is 5.94. The molecular weight excluding hydrogens is 382 g/mol. The van der Waals surface area contributed by atoms with E-state index in [4.69, 9.17) is 21.1 Å². The van der Waals surface area contributed by atoms with E-state index in [1.807, 2.05) is 18.2 Å². The fraction of sp³-hybridized carbons (Fsp3) is 0.105. The topological polar surface area (TPSA) is 97.0 Å². The van der Waals surface area contributed by atoms with Crippen molar-refractivity contribution in [1.29, 1.82) is 0 Å². The number of para-hydroxylation sites is 1. The summed E-state index contributed by atoms with van der Waals surface area (Å²) >= 11 is 6.18. The van der Waals surface area contributed by atoms with E-state index >= 15 is 0 Å². The van der Waals surface area contributed by atoms with Crippen LogP contribution in [0.25, 0.3) is 0 Å². The van der Waals surface area contributed by atoms with Gasteiger partial charge in [-0.25, -0.2) is 4.79 Å². The van der Waals surface area contributed by atoms with Gasteiger partial charge in [0.05, 0.1) is 13.3 Å². The fourth-order valence-electron chi connectivity index (χ4n) is 2.30. The molecule has 8 nitrogen and oxygen atoms in total. The van der Waals surface area contributed by atoms with Crippen molar-refractivity contribution in [2.75, 3.05) is 7.11 Å². The van der Waals surface area contributed by atoms with Crippen LogP contribution in [0.3, 0.4) is 0 Å². The number of rotatable bonds is 6. The Morgan fingerprint density at radius 3 is 2.82 bits per heavy atom. The fourth-order valence-corrected chi connectivity index (χ4v) is 2.49. The lowest BCUT2D eigenvalue weighted by Gasteiger charge is -2.13. The molecule has 0 unspecified atom stereocenters. The number of carbonyl (C=O) groups excluding carboxylic acids is 1. The molecular formula is C19H16ClN5O3. The quantitative estimate of drug-likeness (QED) is 0.579. The van der Waals surface area contributed by atoms with Gasteiger partial charge in [-0.1, -0.05) is 47.6 Å². The Labute approximate surface area is 166 Å². The molecule has 0 spiro atoms. The maximum Gasteiger partial charge on any atom is 0.365 e. The van der Waals surface area contributed by atoms with E-state index in [-0.39, 0.29) is 18.1 Å². The molecule has 0 saturated heterocycles. The summed E-state index contributed by atoms with van der Waals surface area (Å²) in [6.07, 6.45) is 1.47. The number of amides is 2. The van der Waals surface area contributed by atoms with E-state index in [2.05, 4.69) is 32.3 Å². The van der Waals surface area contributed by atoms with E-state index in [9.17, 15) is 4.79 Å². The minimum absolute atomic E-state index is 0.123. The molecule has 0 bridgehead atoms. The Balaban J connectivity index is 1.83. The number of benzene rings is 2. The third kappa shape index (κ3) is 4.60. The molecule has 28 heavy (non-hydrogen) atoms. The van der Waals surface area contributed by atoms with Gasteiger partial charge in [-0.3, -0.25) is 5.32 Å². The molecule has 2 amide bonds. The van der Waals surface area contributed by atoms with Crippen LogP contribution in [0.4, 0.5) is 4.79 Å². The van der Waals surface area contributed by atoms with E-state index in [1.165, 1.54) is 6.21 Å². The lowest BCUT2D eigenvalue weighted by atomic mass is 10.2. The number of hydrogen-bond donors (Lipinski definition) is 1. The molecule has 2 aromatic rings. The molecule has 1 N–H and O–H groups in total. The van der Waals surface area contributed by atoms with Crippen LogP contribution in [-0.2, 0) is 6.61 Å². The molecule has 1 heterocycles.